The highest BCUT2D eigenvalue weighted by molar-refractivity contribution is 5.76. The largest absolute Gasteiger partial charge is 0.496 e. The van der Waals surface area contributed by atoms with Crippen LogP contribution in [0.2, 0.25) is 0 Å². The zero-order valence-electron chi connectivity index (χ0n) is 14.9. The second kappa shape index (κ2) is 5.62. The number of ether oxygens (including phenoxy) is 2. The molecule has 2 aromatic carbocycles. The van der Waals surface area contributed by atoms with Crippen LogP contribution in [0.5, 0.6) is 11.5 Å². The lowest BCUT2D eigenvalue weighted by Gasteiger charge is -2.35. The highest BCUT2D eigenvalue weighted by Gasteiger charge is 2.37. The van der Waals surface area contributed by atoms with Crippen molar-refractivity contribution in [1.82, 2.24) is 14.8 Å². The molecule has 2 heterocycles. The first-order valence-electron chi connectivity index (χ1n) is 8.32. The summed E-state index contributed by atoms with van der Waals surface area (Å²) in [6, 6.07) is 14.0. The Morgan fingerprint density at radius 2 is 1.52 bits per heavy atom. The highest BCUT2D eigenvalue weighted by atomic mass is 16.5. The maximum Gasteiger partial charge on any atom is 0.168 e. The molecule has 128 valence electrons. The van der Waals surface area contributed by atoms with E-state index in [1.807, 2.05) is 30.3 Å². The van der Waals surface area contributed by atoms with Crippen LogP contribution < -0.4 is 9.47 Å². The Bertz CT molecular complexity index is 930. The average molecular weight is 335 g/mol. The molecule has 5 heteroatoms. The van der Waals surface area contributed by atoms with Crippen LogP contribution in [0.25, 0.3) is 22.8 Å². The van der Waals surface area contributed by atoms with E-state index < -0.39 is 0 Å². The van der Waals surface area contributed by atoms with Gasteiger partial charge in [-0.3, -0.25) is 0 Å². The van der Waals surface area contributed by atoms with E-state index in [0.29, 0.717) is 0 Å². The molecule has 0 amide bonds. The van der Waals surface area contributed by atoms with Crippen LogP contribution in [0.3, 0.4) is 0 Å². The molecule has 5 nitrogen and oxygen atoms in total. The fourth-order valence-electron chi connectivity index (χ4n) is 3.69. The van der Waals surface area contributed by atoms with Crippen LogP contribution in [0.4, 0.5) is 0 Å². The van der Waals surface area contributed by atoms with Crippen LogP contribution in [-0.4, -0.2) is 29.0 Å². The third-order valence-corrected chi connectivity index (χ3v) is 4.80. The number of methoxy groups -OCH3 is 2. The van der Waals surface area contributed by atoms with E-state index in [-0.39, 0.29) is 5.54 Å². The van der Waals surface area contributed by atoms with E-state index in [1.165, 1.54) is 0 Å². The minimum Gasteiger partial charge on any atom is -0.496 e. The molecule has 0 spiro atoms. The van der Waals surface area contributed by atoms with Crippen molar-refractivity contribution in [3.63, 3.8) is 0 Å². The Balaban J connectivity index is 2.03. The summed E-state index contributed by atoms with van der Waals surface area (Å²) in [5.41, 5.74) is 2.96. The lowest BCUT2D eigenvalue weighted by Crippen LogP contribution is -2.34. The number of aromatic nitrogens is 3. The molecule has 1 aliphatic heterocycles. The number of hydrogen-bond acceptors (Lipinski definition) is 4. The first-order valence-corrected chi connectivity index (χ1v) is 8.32. The van der Waals surface area contributed by atoms with Crippen LogP contribution >= 0.6 is 0 Å². The quantitative estimate of drug-likeness (QED) is 0.728. The van der Waals surface area contributed by atoms with Gasteiger partial charge in [-0.05, 0) is 26.0 Å². The van der Waals surface area contributed by atoms with Crippen molar-refractivity contribution >= 4 is 0 Å². The molecule has 0 radical (unpaired) electrons. The molecule has 25 heavy (non-hydrogen) atoms. The van der Waals surface area contributed by atoms with E-state index in [0.717, 1.165) is 46.3 Å². The van der Waals surface area contributed by atoms with Crippen LogP contribution in [0.1, 0.15) is 19.4 Å². The Labute approximate surface area is 147 Å². The minimum absolute atomic E-state index is 0.184. The van der Waals surface area contributed by atoms with Crippen LogP contribution in [0, 0.1) is 0 Å². The van der Waals surface area contributed by atoms with Gasteiger partial charge >= 0.3 is 0 Å². The van der Waals surface area contributed by atoms with Gasteiger partial charge in [-0.15, -0.1) is 10.2 Å². The predicted molar refractivity (Wildman–Crippen MR) is 97.0 cm³/mol. The second-order valence-electron chi connectivity index (χ2n) is 6.86. The van der Waals surface area contributed by atoms with Crippen molar-refractivity contribution in [1.29, 1.82) is 0 Å². The smallest absolute Gasteiger partial charge is 0.168 e. The third-order valence-electron chi connectivity index (χ3n) is 4.80. The lowest BCUT2D eigenvalue weighted by atomic mass is 9.86. The van der Waals surface area contributed by atoms with Gasteiger partial charge in [-0.2, -0.15) is 0 Å². The Morgan fingerprint density at radius 3 is 2.20 bits per heavy atom. The standard InChI is InChI=1S/C20H21N3O2/c1-20(2)12-14-15(24-3)10-11-16(25-4)17(14)19-22-21-18(23(19)20)13-8-6-5-7-9-13/h5-11H,12H2,1-4H3. The Hall–Kier alpha value is -2.82. The van der Waals surface area contributed by atoms with Crippen molar-refractivity contribution in [3.8, 4) is 34.3 Å². The first-order chi connectivity index (χ1) is 12.1. The molecule has 0 unspecified atom stereocenters. The van der Waals surface area contributed by atoms with Gasteiger partial charge in [0.05, 0.1) is 19.8 Å². The van der Waals surface area contributed by atoms with Gasteiger partial charge in [0.25, 0.3) is 0 Å². The SMILES string of the molecule is COc1ccc(OC)c2c1CC(C)(C)n1c(-c3ccccc3)nnc1-2. The molecule has 4 rings (SSSR count). The van der Waals surface area contributed by atoms with Gasteiger partial charge in [0.1, 0.15) is 11.5 Å². The van der Waals surface area contributed by atoms with E-state index in [9.17, 15) is 0 Å². The summed E-state index contributed by atoms with van der Waals surface area (Å²) in [5.74, 6) is 3.34. The molecule has 0 N–H and O–H groups in total. The number of benzene rings is 2. The van der Waals surface area contributed by atoms with Gasteiger partial charge < -0.3 is 14.0 Å². The molecule has 0 bridgehead atoms. The topological polar surface area (TPSA) is 49.2 Å². The lowest BCUT2D eigenvalue weighted by molar-refractivity contribution is 0.334. The van der Waals surface area contributed by atoms with E-state index in [1.54, 1.807) is 14.2 Å². The van der Waals surface area contributed by atoms with Crippen molar-refractivity contribution in [2.75, 3.05) is 14.2 Å². The zero-order valence-corrected chi connectivity index (χ0v) is 14.9. The van der Waals surface area contributed by atoms with Crippen molar-refractivity contribution in [2.45, 2.75) is 25.8 Å². The fourth-order valence-corrected chi connectivity index (χ4v) is 3.69. The molecule has 0 saturated carbocycles. The molecule has 1 aromatic heterocycles. The highest BCUT2D eigenvalue weighted by Crippen LogP contribution is 2.47. The normalized spacial score (nSPS) is 14.6. The van der Waals surface area contributed by atoms with Crippen molar-refractivity contribution < 1.29 is 9.47 Å². The first kappa shape index (κ1) is 15.7. The van der Waals surface area contributed by atoms with Crippen LogP contribution in [0.15, 0.2) is 42.5 Å². The van der Waals surface area contributed by atoms with Crippen LogP contribution in [-0.2, 0) is 12.0 Å². The minimum atomic E-state index is -0.184. The van der Waals surface area contributed by atoms with Crippen molar-refractivity contribution in [2.24, 2.45) is 0 Å². The maximum absolute atomic E-state index is 5.62. The monoisotopic (exact) mass is 335 g/mol. The molecular formula is C20H21N3O2. The fraction of sp³-hybridized carbons (Fsp3) is 0.300. The molecule has 0 aliphatic carbocycles. The summed E-state index contributed by atoms with van der Waals surface area (Å²) in [4.78, 5) is 0. The third kappa shape index (κ3) is 2.30. The predicted octanol–water partition coefficient (Wildman–Crippen LogP) is 3.92. The molecule has 0 saturated heterocycles. The average Bonchev–Trinajstić information content (AvgIpc) is 3.07. The van der Waals surface area contributed by atoms with E-state index >= 15 is 0 Å². The van der Waals surface area contributed by atoms with E-state index in [2.05, 4.69) is 40.7 Å². The second-order valence-corrected chi connectivity index (χ2v) is 6.86. The van der Waals surface area contributed by atoms with Gasteiger partial charge in [-0.25, -0.2) is 0 Å². The molecule has 3 aromatic rings. The van der Waals surface area contributed by atoms with Gasteiger partial charge in [0, 0.05) is 23.1 Å². The summed E-state index contributed by atoms with van der Waals surface area (Å²) in [6.45, 7) is 4.41. The summed E-state index contributed by atoms with van der Waals surface area (Å²) in [5, 5.41) is 9.04. The molecular weight excluding hydrogens is 314 g/mol. The van der Waals surface area contributed by atoms with Gasteiger partial charge in [0.2, 0.25) is 0 Å². The van der Waals surface area contributed by atoms with Gasteiger partial charge in [0.15, 0.2) is 11.6 Å². The number of fused-ring (bicyclic) bond motifs is 3. The number of rotatable bonds is 3. The van der Waals surface area contributed by atoms with Gasteiger partial charge in [-0.1, -0.05) is 30.3 Å². The van der Waals surface area contributed by atoms with E-state index in [4.69, 9.17) is 9.47 Å². The summed E-state index contributed by atoms with van der Waals surface area (Å²) < 4.78 is 13.4. The maximum atomic E-state index is 5.62. The molecule has 0 atom stereocenters. The molecule has 0 fully saturated rings. The molecule has 1 aliphatic rings. The Morgan fingerprint density at radius 1 is 0.880 bits per heavy atom. The summed E-state index contributed by atoms with van der Waals surface area (Å²) in [6.07, 6.45) is 0.813. The number of hydrogen-bond donors (Lipinski definition) is 0. The number of nitrogens with zero attached hydrogens (tertiary/aromatic N) is 3. The van der Waals surface area contributed by atoms with Crippen molar-refractivity contribution in [3.05, 3.63) is 48.0 Å². The summed E-state index contributed by atoms with van der Waals surface area (Å²) in [7, 11) is 3.38. The Kier molecular flexibility index (Phi) is 3.53. The summed E-state index contributed by atoms with van der Waals surface area (Å²) >= 11 is 0. The zero-order chi connectivity index (χ0) is 17.6.